The maximum absolute atomic E-state index is 13.9. The molecule has 1 atom stereocenters. The third-order valence-electron chi connectivity index (χ3n) is 8.37. The summed E-state index contributed by atoms with van der Waals surface area (Å²) in [7, 11) is 1.52. The minimum absolute atomic E-state index is 0.121. The summed E-state index contributed by atoms with van der Waals surface area (Å²) in [6, 6.07) is 25.1. The number of aryl methyl sites for hydroxylation is 2. The number of ether oxygens (including phenoxy) is 2. The maximum Gasteiger partial charge on any atom is 0.301 e. The summed E-state index contributed by atoms with van der Waals surface area (Å²) >= 11 is 8.67. The fourth-order valence-electron chi connectivity index (χ4n) is 5.81. The molecule has 0 radical (unpaired) electrons. The van der Waals surface area contributed by atoms with Crippen LogP contribution in [-0.4, -0.2) is 43.5 Å². The molecule has 13 heteroatoms. The van der Waals surface area contributed by atoms with Gasteiger partial charge in [-0.25, -0.2) is 4.98 Å². The van der Waals surface area contributed by atoms with Crippen molar-refractivity contribution in [2.24, 2.45) is 0 Å². The Kier molecular flexibility index (Phi) is 9.32. The predicted molar refractivity (Wildman–Crippen MR) is 194 cm³/mol. The average Bonchev–Trinajstić information content (AvgIpc) is 3.81. The second-order valence-corrected chi connectivity index (χ2v) is 14.2. The average molecular weight is 724 g/mol. The van der Waals surface area contributed by atoms with E-state index in [9.17, 15) is 14.7 Å². The first-order valence-corrected chi connectivity index (χ1v) is 17.7. The summed E-state index contributed by atoms with van der Waals surface area (Å²) in [6.45, 7) is 4.02. The Morgan fingerprint density at radius 3 is 2.48 bits per heavy atom. The number of Topliss-reactive ketones (excluding diaryl/α,β-unsaturated/α-hetero) is 1. The van der Waals surface area contributed by atoms with Crippen molar-refractivity contribution < 1.29 is 24.2 Å². The van der Waals surface area contributed by atoms with Crippen LogP contribution in [0.1, 0.15) is 39.7 Å². The van der Waals surface area contributed by atoms with Crippen LogP contribution < -0.4 is 14.4 Å². The number of carbonyl (C=O) groups is 2. The number of aromatic nitrogens is 4. The van der Waals surface area contributed by atoms with Crippen molar-refractivity contribution in [3.8, 4) is 11.5 Å². The van der Waals surface area contributed by atoms with Crippen molar-refractivity contribution >= 4 is 62.9 Å². The zero-order chi connectivity index (χ0) is 34.9. The normalized spacial score (nSPS) is 15.6. The number of rotatable bonds is 10. The topological polar surface area (TPSA) is 119 Å². The SMILES string of the molecule is COc1cc(C2C(=C(O)c3nc4c(C)cccn4c3C)C(=O)C(=O)N2c2nnc(SCc3ccc(Cl)cc3)s2)ccc1OCc1ccccc1. The lowest BCUT2D eigenvalue weighted by atomic mass is 9.96. The van der Waals surface area contributed by atoms with Gasteiger partial charge in [0.2, 0.25) is 5.13 Å². The summed E-state index contributed by atoms with van der Waals surface area (Å²) in [6.07, 6.45) is 1.83. The minimum atomic E-state index is -1.07. The van der Waals surface area contributed by atoms with Gasteiger partial charge in [0, 0.05) is 17.0 Å². The Balaban J connectivity index is 1.30. The van der Waals surface area contributed by atoms with E-state index < -0.39 is 17.7 Å². The number of halogens is 1. The molecule has 0 saturated carbocycles. The second-order valence-electron chi connectivity index (χ2n) is 11.5. The molecule has 50 heavy (non-hydrogen) atoms. The third-order valence-corrected chi connectivity index (χ3v) is 10.7. The number of aliphatic hydroxyl groups excluding tert-OH is 1. The van der Waals surface area contributed by atoms with Crippen LogP contribution in [0.25, 0.3) is 11.4 Å². The monoisotopic (exact) mass is 723 g/mol. The number of aliphatic hydroxyl groups is 1. The zero-order valence-electron chi connectivity index (χ0n) is 27.2. The van der Waals surface area contributed by atoms with Gasteiger partial charge in [-0.3, -0.25) is 14.5 Å². The number of amides is 1. The highest BCUT2D eigenvalue weighted by atomic mass is 35.5. The van der Waals surface area contributed by atoms with E-state index in [1.54, 1.807) is 25.1 Å². The van der Waals surface area contributed by atoms with E-state index in [-0.39, 0.29) is 22.2 Å². The van der Waals surface area contributed by atoms with E-state index in [0.29, 0.717) is 50.1 Å². The van der Waals surface area contributed by atoms with Crippen LogP contribution in [0.5, 0.6) is 11.5 Å². The molecular formula is C37H30ClN5O5S2. The lowest BCUT2D eigenvalue weighted by Crippen LogP contribution is -2.29. The molecule has 1 unspecified atom stereocenters. The number of benzene rings is 3. The number of anilines is 1. The van der Waals surface area contributed by atoms with Crippen molar-refractivity contribution in [3.05, 3.63) is 135 Å². The smallest absolute Gasteiger partial charge is 0.301 e. The van der Waals surface area contributed by atoms with Crippen molar-refractivity contribution in [2.45, 2.75) is 36.6 Å². The van der Waals surface area contributed by atoms with Gasteiger partial charge in [0.25, 0.3) is 5.78 Å². The van der Waals surface area contributed by atoms with Crippen molar-refractivity contribution in [1.29, 1.82) is 0 Å². The molecule has 0 aliphatic carbocycles. The van der Waals surface area contributed by atoms with E-state index in [1.807, 2.05) is 84.3 Å². The van der Waals surface area contributed by atoms with Gasteiger partial charge in [-0.15, -0.1) is 10.2 Å². The molecular weight excluding hydrogens is 694 g/mol. The molecule has 1 saturated heterocycles. The number of hydrogen-bond acceptors (Lipinski definition) is 10. The van der Waals surface area contributed by atoms with E-state index in [0.717, 1.165) is 16.7 Å². The van der Waals surface area contributed by atoms with Crippen LogP contribution in [0.15, 0.2) is 101 Å². The first-order valence-electron chi connectivity index (χ1n) is 15.5. The maximum atomic E-state index is 13.9. The molecule has 6 aromatic rings. The van der Waals surface area contributed by atoms with Gasteiger partial charge in [0.05, 0.1) is 24.4 Å². The molecule has 7 rings (SSSR count). The number of imidazole rings is 1. The fraction of sp³-hybridized carbons (Fsp3) is 0.162. The number of thioether (sulfide) groups is 1. The molecule has 1 aliphatic heterocycles. The molecule has 0 spiro atoms. The third kappa shape index (κ3) is 6.33. The van der Waals surface area contributed by atoms with E-state index in [4.69, 9.17) is 26.1 Å². The highest BCUT2D eigenvalue weighted by molar-refractivity contribution is 8.00. The Hall–Kier alpha value is -5.17. The Morgan fingerprint density at radius 1 is 0.960 bits per heavy atom. The van der Waals surface area contributed by atoms with Gasteiger partial charge < -0.3 is 19.0 Å². The Morgan fingerprint density at radius 2 is 1.74 bits per heavy atom. The highest BCUT2D eigenvalue weighted by Gasteiger charge is 2.49. The van der Waals surface area contributed by atoms with Crippen molar-refractivity contribution in [1.82, 2.24) is 19.6 Å². The molecule has 1 N–H and O–H groups in total. The number of pyridine rings is 1. The number of methoxy groups -OCH3 is 1. The molecule has 252 valence electrons. The largest absolute Gasteiger partial charge is 0.505 e. The van der Waals surface area contributed by atoms with Gasteiger partial charge in [0.15, 0.2) is 21.6 Å². The van der Waals surface area contributed by atoms with E-state index >= 15 is 0 Å². The lowest BCUT2D eigenvalue weighted by molar-refractivity contribution is -0.132. The molecule has 10 nitrogen and oxygen atoms in total. The number of nitrogens with zero attached hydrogens (tertiary/aromatic N) is 5. The number of carbonyl (C=O) groups excluding carboxylic acids is 2. The highest BCUT2D eigenvalue weighted by Crippen LogP contribution is 2.46. The first kappa shape index (κ1) is 33.3. The van der Waals surface area contributed by atoms with Crippen LogP contribution in [0.2, 0.25) is 5.02 Å². The quantitative estimate of drug-likeness (QED) is 0.0494. The van der Waals surface area contributed by atoms with E-state index in [2.05, 4.69) is 10.2 Å². The molecule has 4 heterocycles. The van der Waals surface area contributed by atoms with Crippen molar-refractivity contribution in [3.63, 3.8) is 0 Å². The van der Waals surface area contributed by atoms with Crippen LogP contribution >= 0.6 is 34.7 Å². The van der Waals surface area contributed by atoms with Gasteiger partial charge in [-0.1, -0.05) is 89.3 Å². The molecule has 1 fully saturated rings. The molecule has 3 aromatic carbocycles. The number of ketones is 1. The standard InChI is InChI=1S/C37H30ClN5O5S2/c1-21-8-7-17-42-22(2)30(39-34(21)42)32(44)29-31(25-13-16-27(28(18-25)47-3)48-19-23-9-5-4-6-10-23)43(35(46)33(29)45)36-40-41-37(50-36)49-20-24-11-14-26(38)15-12-24/h4-18,31,44H,19-20H2,1-3H3. The summed E-state index contributed by atoms with van der Waals surface area (Å²) in [4.78, 5) is 33.8. The summed E-state index contributed by atoms with van der Waals surface area (Å²) in [5, 5.41) is 21.4. The molecule has 0 bridgehead atoms. The van der Waals surface area contributed by atoms with Crippen LogP contribution in [0.4, 0.5) is 5.13 Å². The Labute approximate surface area is 301 Å². The zero-order valence-corrected chi connectivity index (χ0v) is 29.6. The molecule has 1 amide bonds. The number of hydrogen-bond donors (Lipinski definition) is 1. The van der Waals surface area contributed by atoms with Crippen LogP contribution in [-0.2, 0) is 21.9 Å². The van der Waals surface area contributed by atoms with Crippen molar-refractivity contribution in [2.75, 3.05) is 12.0 Å². The summed E-state index contributed by atoms with van der Waals surface area (Å²) < 4.78 is 14.2. The summed E-state index contributed by atoms with van der Waals surface area (Å²) in [5.74, 6) is -0.637. The predicted octanol–water partition coefficient (Wildman–Crippen LogP) is 7.96. The van der Waals surface area contributed by atoms with Gasteiger partial charge >= 0.3 is 5.91 Å². The summed E-state index contributed by atoms with van der Waals surface area (Å²) in [5.41, 5.74) is 4.73. The minimum Gasteiger partial charge on any atom is -0.505 e. The Bertz CT molecular complexity index is 2270. The first-order chi connectivity index (χ1) is 24.2. The van der Waals surface area contributed by atoms with Crippen LogP contribution in [0.3, 0.4) is 0 Å². The second kappa shape index (κ2) is 14.0. The lowest BCUT2D eigenvalue weighted by Gasteiger charge is -2.23. The molecule has 1 aliphatic rings. The number of fused-ring (bicyclic) bond motifs is 1. The van der Waals surface area contributed by atoms with Gasteiger partial charge in [-0.05, 0) is 66.4 Å². The van der Waals surface area contributed by atoms with Gasteiger partial charge in [0.1, 0.15) is 17.9 Å². The van der Waals surface area contributed by atoms with Crippen LogP contribution in [0, 0.1) is 13.8 Å². The molecule has 3 aromatic heterocycles. The van der Waals surface area contributed by atoms with E-state index in [1.165, 1.54) is 35.1 Å². The van der Waals surface area contributed by atoms with Gasteiger partial charge in [-0.2, -0.15) is 0 Å². The fourth-order valence-corrected chi connectivity index (χ4v) is 7.76.